The molecule has 0 radical (unpaired) electrons. The zero-order valence-electron chi connectivity index (χ0n) is 14.4. The first-order valence-corrected chi connectivity index (χ1v) is 9.71. The largest absolute Gasteiger partial charge is 0.488 e. The monoisotopic (exact) mass is 447 g/mol. The van der Waals surface area contributed by atoms with Crippen LogP contribution in [0.5, 0.6) is 5.75 Å². The SMILES string of the molecule is N#C/C(=C/c1cc(Cl)ccc1OCc1cccc(Cl)c1)c1ccc(Cl)c(Cl)c1. The Hall–Kier alpha value is -2.15. The number of ether oxygens (including phenoxy) is 1. The lowest BCUT2D eigenvalue weighted by Crippen LogP contribution is -1.97. The molecule has 140 valence electrons. The molecule has 0 saturated heterocycles. The molecule has 0 aliphatic carbocycles. The van der Waals surface area contributed by atoms with E-state index in [1.807, 2.05) is 18.2 Å². The maximum Gasteiger partial charge on any atom is 0.127 e. The molecule has 0 saturated carbocycles. The van der Waals surface area contributed by atoms with Crippen LogP contribution in [0.15, 0.2) is 60.7 Å². The van der Waals surface area contributed by atoms with Crippen molar-refractivity contribution in [1.29, 1.82) is 5.26 Å². The highest BCUT2D eigenvalue weighted by Gasteiger charge is 2.09. The second-order valence-corrected chi connectivity index (χ2v) is 7.59. The van der Waals surface area contributed by atoms with E-state index >= 15 is 0 Å². The minimum atomic E-state index is 0.331. The third kappa shape index (κ3) is 5.22. The van der Waals surface area contributed by atoms with Gasteiger partial charge in [-0.1, -0.05) is 64.6 Å². The molecule has 0 aromatic heterocycles. The first-order chi connectivity index (χ1) is 13.5. The lowest BCUT2D eigenvalue weighted by atomic mass is 10.0. The number of allylic oxidation sites excluding steroid dienone is 1. The Kier molecular flexibility index (Phi) is 6.88. The van der Waals surface area contributed by atoms with Crippen LogP contribution in [0.4, 0.5) is 0 Å². The van der Waals surface area contributed by atoms with E-state index in [9.17, 15) is 5.26 Å². The topological polar surface area (TPSA) is 33.0 Å². The van der Waals surface area contributed by atoms with Crippen LogP contribution in [-0.2, 0) is 6.61 Å². The molecule has 0 amide bonds. The van der Waals surface area contributed by atoms with Gasteiger partial charge in [0.1, 0.15) is 12.4 Å². The van der Waals surface area contributed by atoms with E-state index in [-0.39, 0.29) is 0 Å². The van der Waals surface area contributed by atoms with E-state index in [0.29, 0.717) is 49.1 Å². The van der Waals surface area contributed by atoms with Gasteiger partial charge < -0.3 is 4.74 Å². The lowest BCUT2D eigenvalue weighted by Gasteiger charge is -2.11. The fourth-order valence-electron chi connectivity index (χ4n) is 2.55. The molecule has 0 aliphatic heterocycles. The third-order valence-corrected chi connectivity index (χ3v) is 5.12. The van der Waals surface area contributed by atoms with Crippen molar-refractivity contribution in [1.82, 2.24) is 0 Å². The average Bonchev–Trinajstić information content (AvgIpc) is 2.67. The van der Waals surface area contributed by atoms with Gasteiger partial charge in [0.15, 0.2) is 0 Å². The molecule has 0 spiro atoms. The van der Waals surface area contributed by atoms with Gasteiger partial charge in [-0.2, -0.15) is 5.26 Å². The zero-order chi connectivity index (χ0) is 20.1. The van der Waals surface area contributed by atoms with Crippen LogP contribution >= 0.6 is 46.4 Å². The normalized spacial score (nSPS) is 11.2. The second-order valence-electron chi connectivity index (χ2n) is 5.90. The molecule has 0 fully saturated rings. The van der Waals surface area contributed by atoms with E-state index in [1.54, 1.807) is 48.5 Å². The molecule has 0 bridgehead atoms. The van der Waals surface area contributed by atoms with E-state index in [2.05, 4.69) is 6.07 Å². The van der Waals surface area contributed by atoms with Crippen molar-refractivity contribution in [2.45, 2.75) is 6.61 Å². The van der Waals surface area contributed by atoms with Crippen LogP contribution in [0.25, 0.3) is 11.6 Å². The smallest absolute Gasteiger partial charge is 0.127 e. The second kappa shape index (κ2) is 9.37. The summed E-state index contributed by atoms with van der Waals surface area (Å²) in [7, 11) is 0. The van der Waals surface area contributed by atoms with Crippen molar-refractivity contribution in [2.24, 2.45) is 0 Å². The Labute approximate surface area is 183 Å². The summed E-state index contributed by atoms with van der Waals surface area (Å²) < 4.78 is 5.94. The Balaban J connectivity index is 1.93. The highest BCUT2D eigenvalue weighted by molar-refractivity contribution is 6.42. The standard InChI is InChI=1S/C22H13Cl4NO/c23-18-3-1-2-14(8-18)13-28-22-7-5-19(24)10-16(22)9-17(12-27)15-4-6-20(25)21(26)11-15/h1-11H,13H2/b17-9-. The number of benzene rings is 3. The van der Waals surface area contributed by atoms with Crippen molar-refractivity contribution in [3.8, 4) is 11.8 Å². The molecule has 3 aromatic rings. The van der Waals surface area contributed by atoms with E-state index in [0.717, 1.165) is 5.56 Å². The molecule has 3 aromatic carbocycles. The molecular weight excluding hydrogens is 436 g/mol. The lowest BCUT2D eigenvalue weighted by molar-refractivity contribution is 0.305. The molecule has 0 atom stereocenters. The Morgan fingerprint density at radius 3 is 2.39 bits per heavy atom. The summed E-state index contributed by atoms with van der Waals surface area (Å²) >= 11 is 24.2. The van der Waals surface area contributed by atoms with E-state index in [1.165, 1.54) is 0 Å². The molecular formula is C22H13Cl4NO. The van der Waals surface area contributed by atoms with Gasteiger partial charge in [-0.25, -0.2) is 0 Å². The number of nitrogens with zero attached hydrogens (tertiary/aromatic N) is 1. The van der Waals surface area contributed by atoms with Crippen molar-refractivity contribution in [3.05, 3.63) is 97.4 Å². The highest BCUT2D eigenvalue weighted by Crippen LogP contribution is 2.31. The van der Waals surface area contributed by atoms with Gasteiger partial charge in [0.2, 0.25) is 0 Å². The quantitative estimate of drug-likeness (QED) is 0.293. The van der Waals surface area contributed by atoms with Gasteiger partial charge in [-0.05, 0) is 59.7 Å². The van der Waals surface area contributed by atoms with E-state index in [4.69, 9.17) is 51.1 Å². The van der Waals surface area contributed by atoms with Gasteiger partial charge in [0.25, 0.3) is 0 Å². The molecule has 2 nitrogen and oxygen atoms in total. The Morgan fingerprint density at radius 2 is 1.68 bits per heavy atom. The van der Waals surface area contributed by atoms with Crippen molar-refractivity contribution in [2.75, 3.05) is 0 Å². The summed E-state index contributed by atoms with van der Waals surface area (Å²) in [5.74, 6) is 0.595. The molecule has 0 heterocycles. The summed E-state index contributed by atoms with van der Waals surface area (Å²) in [6.45, 7) is 0.331. The molecule has 0 unspecified atom stereocenters. The van der Waals surface area contributed by atoms with Gasteiger partial charge in [-0.3, -0.25) is 0 Å². The van der Waals surface area contributed by atoms with Gasteiger partial charge in [0.05, 0.1) is 21.7 Å². The summed E-state index contributed by atoms with van der Waals surface area (Å²) in [5, 5.41) is 11.6. The van der Waals surface area contributed by atoms with Crippen LogP contribution < -0.4 is 4.74 Å². The maximum absolute atomic E-state index is 9.62. The number of nitriles is 1. The predicted octanol–water partition coefficient (Wildman–Crippen LogP) is 7.94. The molecule has 28 heavy (non-hydrogen) atoms. The Morgan fingerprint density at radius 1 is 0.893 bits per heavy atom. The van der Waals surface area contributed by atoms with Crippen molar-refractivity contribution >= 4 is 58.1 Å². The van der Waals surface area contributed by atoms with Crippen LogP contribution in [0.1, 0.15) is 16.7 Å². The summed E-state index contributed by atoms with van der Waals surface area (Å²) in [6, 6.07) is 19.9. The molecule has 0 N–H and O–H groups in total. The van der Waals surface area contributed by atoms with Gasteiger partial charge in [-0.15, -0.1) is 0 Å². The fourth-order valence-corrected chi connectivity index (χ4v) is 3.24. The van der Waals surface area contributed by atoms with Crippen molar-refractivity contribution < 1.29 is 4.74 Å². The van der Waals surface area contributed by atoms with Crippen LogP contribution in [0.2, 0.25) is 20.1 Å². The molecule has 3 rings (SSSR count). The van der Waals surface area contributed by atoms with Gasteiger partial charge >= 0.3 is 0 Å². The minimum absolute atomic E-state index is 0.331. The predicted molar refractivity (Wildman–Crippen MR) is 117 cm³/mol. The highest BCUT2D eigenvalue weighted by atomic mass is 35.5. The maximum atomic E-state index is 9.62. The fraction of sp³-hybridized carbons (Fsp3) is 0.0455. The average molecular weight is 449 g/mol. The molecule has 0 aliphatic rings. The first kappa shape index (κ1) is 20.6. The van der Waals surface area contributed by atoms with Crippen LogP contribution in [0.3, 0.4) is 0 Å². The number of halogens is 4. The summed E-state index contributed by atoms with van der Waals surface area (Å²) in [6.07, 6.45) is 1.71. The van der Waals surface area contributed by atoms with E-state index < -0.39 is 0 Å². The zero-order valence-corrected chi connectivity index (χ0v) is 17.4. The van der Waals surface area contributed by atoms with Crippen molar-refractivity contribution in [3.63, 3.8) is 0 Å². The number of rotatable bonds is 5. The molecule has 6 heteroatoms. The summed E-state index contributed by atoms with van der Waals surface area (Å²) in [5.41, 5.74) is 2.67. The third-order valence-electron chi connectivity index (χ3n) is 3.91. The number of hydrogen-bond donors (Lipinski definition) is 0. The minimum Gasteiger partial charge on any atom is -0.488 e. The van der Waals surface area contributed by atoms with Gasteiger partial charge in [0, 0.05) is 15.6 Å². The van der Waals surface area contributed by atoms with Crippen LogP contribution in [0, 0.1) is 11.3 Å². The summed E-state index contributed by atoms with van der Waals surface area (Å²) in [4.78, 5) is 0. The Bertz CT molecular complexity index is 1090. The number of hydrogen-bond acceptors (Lipinski definition) is 2. The first-order valence-electron chi connectivity index (χ1n) is 8.20. The van der Waals surface area contributed by atoms with Crippen LogP contribution in [-0.4, -0.2) is 0 Å².